The van der Waals surface area contributed by atoms with Gasteiger partial charge in [0.15, 0.2) is 0 Å². The van der Waals surface area contributed by atoms with E-state index in [1.165, 1.54) is 6.92 Å². The summed E-state index contributed by atoms with van der Waals surface area (Å²) in [4.78, 5) is 10.5. The maximum absolute atomic E-state index is 10.5. The van der Waals surface area contributed by atoms with Crippen molar-refractivity contribution in [1.29, 1.82) is 0 Å². The van der Waals surface area contributed by atoms with Gasteiger partial charge in [0.2, 0.25) is 5.91 Å². The molecule has 0 aliphatic rings. The molecule has 0 atom stereocenters. The molecule has 0 aliphatic heterocycles. The number of furan rings is 1. The Balaban J connectivity index is 2.41. The molecule has 3 nitrogen and oxygen atoms in total. The highest BCUT2D eigenvalue weighted by Gasteiger charge is 1.96. The van der Waals surface area contributed by atoms with Crippen LogP contribution < -0.4 is 5.32 Å². The van der Waals surface area contributed by atoms with Crippen LogP contribution in [0.2, 0.25) is 0 Å². The van der Waals surface area contributed by atoms with Gasteiger partial charge in [0, 0.05) is 13.5 Å². The molecule has 0 radical (unpaired) electrons. The summed E-state index contributed by atoms with van der Waals surface area (Å²) >= 11 is 3.31. The first-order chi connectivity index (χ1) is 6.20. The molecule has 0 bridgehead atoms. The van der Waals surface area contributed by atoms with Crippen LogP contribution in [0.25, 0.3) is 6.08 Å². The number of carbonyl (C=O) groups excluding carboxylic acids is 1. The highest BCUT2D eigenvalue weighted by Crippen LogP contribution is 2.18. The smallest absolute Gasteiger partial charge is 0.217 e. The van der Waals surface area contributed by atoms with Crippen LogP contribution >= 0.6 is 15.9 Å². The van der Waals surface area contributed by atoms with E-state index in [0.717, 1.165) is 10.2 Å². The molecule has 1 amide bonds. The van der Waals surface area contributed by atoms with Gasteiger partial charge in [-0.15, -0.1) is 0 Å². The monoisotopic (exact) mass is 243 g/mol. The van der Waals surface area contributed by atoms with E-state index in [0.29, 0.717) is 6.54 Å². The highest BCUT2D eigenvalue weighted by molar-refractivity contribution is 9.10. The van der Waals surface area contributed by atoms with Crippen LogP contribution in [0.15, 0.2) is 27.3 Å². The third-order valence-corrected chi connectivity index (χ3v) is 2.04. The van der Waals surface area contributed by atoms with Crippen molar-refractivity contribution in [3.63, 3.8) is 0 Å². The van der Waals surface area contributed by atoms with Gasteiger partial charge in [-0.25, -0.2) is 0 Å². The second kappa shape index (κ2) is 4.87. The number of carbonyl (C=O) groups is 1. The normalized spacial score (nSPS) is 10.6. The summed E-state index contributed by atoms with van der Waals surface area (Å²) in [5, 5.41) is 2.64. The summed E-state index contributed by atoms with van der Waals surface area (Å²) in [7, 11) is 0. The van der Waals surface area contributed by atoms with Crippen molar-refractivity contribution in [3.8, 4) is 0 Å². The molecule has 0 saturated carbocycles. The van der Waals surface area contributed by atoms with Crippen LogP contribution in [0.1, 0.15) is 12.7 Å². The Bertz CT molecular complexity index is 317. The van der Waals surface area contributed by atoms with Crippen LogP contribution in [0.4, 0.5) is 0 Å². The van der Waals surface area contributed by atoms with E-state index in [4.69, 9.17) is 4.42 Å². The molecule has 0 fully saturated rings. The fourth-order valence-electron chi connectivity index (χ4n) is 0.793. The van der Waals surface area contributed by atoms with E-state index in [1.54, 1.807) is 12.3 Å². The van der Waals surface area contributed by atoms with Crippen molar-refractivity contribution in [2.45, 2.75) is 6.92 Å². The van der Waals surface area contributed by atoms with Crippen molar-refractivity contribution in [2.75, 3.05) is 6.54 Å². The van der Waals surface area contributed by atoms with E-state index in [2.05, 4.69) is 21.2 Å². The molecule has 0 spiro atoms. The van der Waals surface area contributed by atoms with Gasteiger partial charge in [-0.2, -0.15) is 0 Å². The lowest BCUT2D eigenvalue weighted by atomic mass is 10.4. The Hall–Kier alpha value is -1.03. The molecule has 1 rings (SSSR count). The number of hydrogen-bond acceptors (Lipinski definition) is 2. The Kier molecular flexibility index (Phi) is 3.76. The van der Waals surface area contributed by atoms with Crippen LogP contribution in [0.3, 0.4) is 0 Å². The fraction of sp³-hybridized carbons (Fsp3) is 0.222. The second-order valence-corrected chi connectivity index (χ2v) is 3.33. The van der Waals surface area contributed by atoms with Crippen LogP contribution in [0, 0.1) is 0 Å². The van der Waals surface area contributed by atoms with E-state index in [9.17, 15) is 4.79 Å². The number of rotatable bonds is 3. The predicted octanol–water partition coefficient (Wildman–Crippen LogP) is 2.19. The van der Waals surface area contributed by atoms with Crippen LogP contribution in [-0.2, 0) is 4.79 Å². The number of hydrogen-bond donors (Lipinski definition) is 1. The average molecular weight is 244 g/mol. The maximum atomic E-state index is 10.5. The third-order valence-electron chi connectivity index (χ3n) is 1.38. The summed E-state index contributed by atoms with van der Waals surface area (Å²) in [5.41, 5.74) is 0. The van der Waals surface area contributed by atoms with E-state index >= 15 is 0 Å². The molecular formula is C9H10BrNO2. The second-order valence-electron chi connectivity index (χ2n) is 2.47. The summed E-state index contributed by atoms with van der Waals surface area (Å²) in [6, 6.07) is 1.82. The Morgan fingerprint density at radius 1 is 1.77 bits per heavy atom. The van der Waals surface area contributed by atoms with Gasteiger partial charge in [-0.1, -0.05) is 6.08 Å². The summed E-state index contributed by atoms with van der Waals surface area (Å²) in [6.07, 6.45) is 5.23. The Morgan fingerprint density at radius 2 is 2.54 bits per heavy atom. The molecule has 1 N–H and O–H groups in total. The van der Waals surface area contributed by atoms with Crippen molar-refractivity contribution in [3.05, 3.63) is 28.6 Å². The number of nitrogens with one attached hydrogen (secondary N) is 1. The lowest BCUT2D eigenvalue weighted by molar-refractivity contribution is -0.118. The lowest BCUT2D eigenvalue weighted by Crippen LogP contribution is -2.19. The van der Waals surface area contributed by atoms with Crippen molar-refractivity contribution in [2.24, 2.45) is 0 Å². The zero-order valence-electron chi connectivity index (χ0n) is 7.21. The van der Waals surface area contributed by atoms with Gasteiger partial charge < -0.3 is 9.73 Å². The first-order valence-electron chi connectivity index (χ1n) is 3.84. The van der Waals surface area contributed by atoms with Gasteiger partial charge in [0.05, 0.1) is 10.7 Å². The topological polar surface area (TPSA) is 42.2 Å². The van der Waals surface area contributed by atoms with Crippen molar-refractivity contribution < 1.29 is 9.21 Å². The van der Waals surface area contributed by atoms with Crippen molar-refractivity contribution in [1.82, 2.24) is 5.32 Å². The standard InChI is InChI=1S/C9H10BrNO2/c1-7(12)11-5-2-3-9-8(10)4-6-13-9/h2-4,6H,5H2,1H3,(H,11,12). The first-order valence-corrected chi connectivity index (χ1v) is 4.63. The molecule has 70 valence electrons. The largest absolute Gasteiger partial charge is 0.464 e. The van der Waals surface area contributed by atoms with Gasteiger partial charge >= 0.3 is 0 Å². The van der Waals surface area contributed by atoms with Gasteiger partial charge in [-0.3, -0.25) is 4.79 Å². The SMILES string of the molecule is CC(=O)NCC=Cc1occc1Br. The summed E-state index contributed by atoms with van der Waals surface area (Å²) in [5.74, 6) is 0.716. The number of halogens is 1. The molecule has 4 heteroatoms. The lowest BCUT2D eigenvalue weighted by Gasteiger charge is -1.93. The molecule has 0 saturated heterocycles. The molecule has 13 heavy (non-hydrogen) atoms. The fourth-order valence-corrected chi connectivity index (χ4v) is 1.13. The van der Waals surface area contributed by atoms with E-state index < -0.39 is 0 Å². The number of amides is 1. The predicted molar refractivity (Wildman–Crippen MR) is 54.1 cm³/mol. The first kappa shape index (κ1) is 10.1. The van der Waals surface area contributed by atoms with Gasteiger partial charge in [0.1, 0.15) is 5.76 Å². The average Bonchev–Trinajstić information content (AvgIpc) is 2.45. The quantitative estimate of drug-likeness (QED) is 0.885. The minimum atomic E-state index is -0.0387. The molecular weight excluding hydrogens is 234 g/mol. The Morgan fingerprint density at radius 3 is 3.08 bits per heavy atom. The zero-order chi connectivity index (χ0) is 9.68. The molecule has 0 aromatic carbocycles. The Labute approximate surface area is 84.9 Å². The van der Waals surface area contributed by atoms with E-state index in [-0.39, 0.29) is 5.91 Å². The van der Waals surface area contributed by atoms with Gasteiger partial charge in [0.25, 0.3) is 0 Å². The third kappa shape index (κ3) is 3.46. The minimum absolute atomic E-state index is 0.0387. The van der Waals surface area contributed by atoms with Crippen LogP contribution in [0.5, 0.6) is 0 Å². The van der Waals surface area contributed by atoms with Gasteiger partial charge in [-0.05, 0) is 28.1 Å². The minimum Gasteiger partial charge on any atom is -0.464 e. The van der Waals surface area contributed by atoms with Crippen LogP contribution in [-0.4, -0.2) is 12.5 Å². The molecule has 1 heterocycles. The molecule has 1 aromatic rings. The molecule has 0 aliphatic carbocycles. The molecule has 0 unspecified atom stereocenters. The maximum Gasteiger partial charge on any atom is 0.217 e. The van der Waals surface area contributed by atoms with E-state index in [1.807, 2.05) is 12.1 Å². The highest BCUT2D eigenvalue weighted by atomic mass is 79.9. The summed E-state index contributed by atoms with van der Waals surface area (Å²) in [6.45, 7) is 2.00. The van der Waals surface area contributed by atoms with Crippen molar-refractivity contribution >= 4 is 27.9 Å². The zero-order valence-corrected chi connectivity index (χ0v) is 8.80. The molecule has 1 aromatic heterocycles. The summed E-state index contributed by atoms with van der Waals surface area (Å²) < 4.78 is 6.03.